The minimum atomic E-state index is -1.09. The van der Waals surface area contributed by atoms with Gasteiger partial charge in [-0.05, 0) is 23.6 Å². The molecule has 20 heavy (non-hydrogen) atoms. The first kappa shape index (κ1) is 15.8. The summed E-state index contributed by atoms with van der Waals surface area (Å²) in [6, 6.07) is 7.48. The highest BCUT2D eigenvalue weighted by Gasteiger charge is 2.35. The average Bonchev–Trinajstić information content (AvgIpc) is 3.13. The summed E-state index contributed by atoms with van der Waals surface area (Å²) in [6.45, 7) is 13.4. The molecule has 1 heterocycles. The first-order chi connectivity index (χ1) is 9.19. The Kier molecular flexibility index (Phi) is 4.47. The standard InChI is InChI=1S/C16H28O2Si2/c1-19(2,3)20(4,5)9-8-13-6-7-16(17)14(10-13)11-15-12-18-15/h6-7,10,15,17H,8-9,11-12H2,1-5H3. The number of epoxide rings is 1. The Morgan fingerprint density at radius 1 is 1.20 bits per heavy atom. The molecule has 0 bridgehead atoms. The quantitative estimate of drug-likeness (QED) is 0.636. The van der Waals surface area contributed by atoms with Crippen molar-refractivity contribution >= 4 is 15.2 Å². The van der Waals surface area contributed by atoms with Crippen LogP contribution in [0.15, 0.2) is 18.2 Å². The van der Waals surface area contributed by atoms with Crippen LogP contribution in [-0.4, -0.2) is 33.0 Å². The molecule has 0 spiro atoms. The molecule has 0 aliphatic carbocycles. The van der Waals surface area contributed by atoms with Crippen LogP contribution >= 0.6 is 0 Å². The Morgan fingerprint density at radius 3 is 2.40 bits per heavy atom. The number of hydrogen-bond acceptors (Lipinski definition) is 2. The lowest BCUT2D eigenvalue weighted by atomic mass is 10.0. The monoisotopic (exact) mass is 308 g/mol. The summed E-state index contributed by atoms with van der Waals surface area (Å²) in [4.78, 5) is 0. The second-order valence-corrected chi connectivity index (χ2v) is 25.1. The lowest BCUT2D eigenvalue weighted by molar-refractivity contribution is 0.402. The molecule has 1 aromatic carbocycles. The normalized spacial score (nSPS) is 19.1. The third-order valence-electron chi connectivity index (χ3n) is 5.06. The fourth-order valence-corrected chi connectivity index (χ4v) is 6.51. The average molecular weight is 309 g/mol. The Labute approximate surface area is 125 Å². The van der Waals surface area contributed by atoms with Gasteiger partial charge in [0.05, 0.1) is 12.7 Å². The SMILES string of the molecule is C[Si](C)(C)[Si](C)(C)CCc1ccc(O)c(CC2CO2)c1. The molecule has 0 amide bonds. The van der Waals surface area contributed by atoms with E-state index in [9.17, 15) is 5.11 Å². The van der Waals surface area contributed by atoms with E-state index in [1.165, 1.54) is 11.6 Å². The van der Waals surface area contributed by atoms with E-state index in [0.29, 0.717) is 11.9 Å². The van der Waals surface area contributed by atoms with Gasteiger partial charge >= 0.3 is 0 Å². The van der Waals surface area contributed by atoms with Crippen LogP contribution in [0.2, 0.25) is 38.8 Å². The van der Waals surface area contributed by atoms with E-state index in [1.54, 1.807) is 0 Å². The summed E-state index contributed by atoms with van der Waals surface area (Å²) in [5, 5.41) is 9.93. The van der Waals surface area contributed by atoms with Crippen LogP contribution in [0, 0.1) is 0 Å². The van der Waals surface area contributed by atoms with Gasteiger partial charge in [-0.25, -0.2) is 0 Å². The molecule has 0 aromatic heterocycles. The molecule has 2 nitrogen and oxygen atoms in total. The fourth-order valence-electron chi connectivity index (χ4n) is 2.22. The molecule has 1 aliphatic rings. The van der Waals surface area contributed by atoms with Gasteiger partial charge in [-0.15, -0.1) is 0 Å². The number of phenols is 1. The number of ether oxygens (including phenoxy) is 1. The van der Waals surface area contributed by atoms with E-state index in [2.05, 4.69) is 44.9 Å². The van der Waals surface area contributed by atoms with E-state index in [-0.39, 0.29) is 0 Å². The van der Waals surface area contributed by atoms with Crippen molar-refractivity contribution in [3.8, 4) is 5.75 Å². The highest BCUT2D eigenvalue weighted by molar-refractivity contribution is 7.40. The Hall–Kier alpha value is -0.586. The zero-order valence-electron chi connectivity index (χ0n) is 13.5. The number of rotatable bonds is 6. The van der Waals surface area contributed by atoms with Gasteiger partial charge in [-0.1, -0.05) is 50.9 Å². The van der Waals surface area contributed by atoms with Crippen LogP contribution in [0.3, 0.4) is 0 Å². The van der Waals surface area contributed by atoms with Crippen molar-refractivity contribution in [1.29, 1.82) is 0 Å². The van der Waals surface area contributed by atoms with E-state index >= 15 is 0 Å². The molecule has 1 atom stereocenters. The Bertz CT molecular complexity index is 474. The maximum Gasteiger partial charge on any atom is 0.118 e. The molecule has 1 aromatic rings. The molecule has 1 saturated heterocycles. The van der Waals surface area contributed by atoms with Crippen molar-refractivity contribution in [1.82, 2.24) is 0 Å². The largest absolute Gasteiger partial charge is 0.508 e. The summed E-state index contributed by atoms with van der Waals surface area (Å²) in [5.74, 6) is 0.422. The minimum absolute atomic E-state index is 0.337. The van der Waals surface area contributed by atoms with E-state index in [1.807, 2.05) is 6.07 Å². The predicted molar refractivity (Wildman–Crippen MR) is 90.9 cm³/mol. The molecule has 1 fully saturated rings. The van der Waals surface area contributed by atoms with Crippen molar-refractivity contribution in [3.63, 3.8) is 0 Å². The van der Waals surface area contributed by atoms with Gasteiger partial charge in [-0.3, -0.25) is 0 Å². The van der Waals surface area contributed by atoms with Crippen LogP contribution < -0.4 is 0 Å². The molecule has 0 radical (unpaired) electrons. The molecule has 1 N–H and O–H groups in total. The summed E-state index contributed by atoms with van der Waals surface area (Å²) in [5.41, 5.74) is 2.43. The van der Waals surface area contributed by atoms with Gasteiger partial charge in [0.25, 0.3) is 0 Å². The molecular weight excluding hydrogens is 280 g/mol. The number of phenolic OH excluding ortho intramolecular Hbond substituents is 1. The number of aromatic hydroxyl groups is 1. The second kappa shape index (κ2) is 5.66. The van der Waals surface area contributed by atoms with Gasteiger partial charge in [0.1, 0.15) is 5.75 Å². The van der Waals surface area contributed by atoms with Crippen molar-refractivity contribution in [3.05, 3.63) is 29.3 Å². The first-order valence-electron chi connectivity index (χ1n) is 7.61. The van der Waals surface area contributed by atoms with E-state index in [0.717, 1.165) is 25.0 Å². The predicted octanol–water partition coefficient (Wildman–Crippen LogP) is 4.00. The highest BCUT2D eigenvalue weighted by Crippen LogP contribution is 2.28. The molecule has 0 saturated carbocycles. The van der Waals surface area contributed by atoms with Gasteiger partial charge < -0.3 is 9.84 Å². The second-order valence-electron chi connectivity index (χ2n) is 7.76. The minimum Gasteiger partial charge on any atom is -0.508 e. The number of aryl methyl sites for hydroxylation is 1. The van der Waals surface area contributed by atoms with Crippen LogP contribution in [0.1, 0.15) is 11.1 Å². The van der Waals surface area contributed by atoms with Crippen molar-refractivity contribution in [2.24, 2.45) is 0 Å². The fraction of sp³-hybridized carbons (Fsp3) is 0.625. The summed E-state index contributed by atoms with van der Waals surface area (Å²) in [6.07, 6.45) is 2.35. The Morgan fingerprint density at radius 2 is 1.85 bits per heavy atom. The zero-order valence-corrected chi connectivity index (χ0v) is 15.5. The molecule has 4 heteroatoms. The summed E-state index contributed by atoms with van der Waals surface area (Å²) < 4.78 is 5.27. The lowest BCUT2D eigenvalue weighted by Crippen LogP contribution is -2.52. The molecular formula is C16H28O2Si2. The van der Waals surface area contributed by atoms with Gasteiger partial charge in [0.2, 0.25) is 0 Å². The molecule has 2 rings (SSSR count). The maximum absolute atomic E-state index is 9.93. The summed E-state index contributed by atoms with van der Waals surface area (Å²) >= 11 is 0. The van der Waals surface area contributed by atoms with Crippen LogP contribution in [0.4, 0.5) is 0 Å². The highest BCUT2D eigenvalue weighted by atomic mass is 29.3. The smallest absolute Gasteiger partial charge is 0.118 e. The first-order valence-corrected chi connectivity index (χ1v) is 15.3. The third-order valence-corrected chi connectivity index (χ3v) is 23.6. The van der Waals surface area contributed by atoms with Crippen molar-refractivity contribution in [2.75, 3.05) is 6.61 Å². The van der Waals surface area contributed by atoms with E-state index in [4.69, 9.17) is 4.74 Å². The topological polar surface area (TPSA) is 32.8 Å². The Balaban J connectivity index is 2.02. The van der Waals surface area contributed by atoms with Gasteiger partial charge in [0.15, 0.2) is 0 Å². The van der Waals surface area contributed by atoms with Crippen LogP contribution in [0.5, 0.6) is 5.75 Å². The lowest BCUT2D eigenvalue weighted by Gasteiger charge is -2.35. The van der Waals surface area contributed by atoms with Crippen molar-refractivity contribution < 1.29 is 9.84 Å². The van der Waals surface area contributed by atoms with Crippen LogP contribution in [-0.2, 0) is 17.6 Å². The van der Waals surface area contributed by atoms with E-state index < -0.39 is 15.2 Å². The number of hydrogen-bond donors (Lipinski definition) is 1. The van der Waals surface area contributed by atoms with Gasteiger partial charge in [-0.2, -0.15) is 0 Å². The molecule has 112 valence electrons. The van der Waals surface area contributed by atoms with Crippen molar-refractivity contribution in [2.45, 2.75) is 57.7 Å². The molecule has 1 unspecified atom stereocenters. The number of benzene rings is 1. The zero-order chi connectivity index (χ0) is 15.0. The maximum atomic E-state index is 9.93. The van der Waals surface area contributed by atoms with Crippen LogP contribution in [0.25, 0.3) is 0 Å². The van der Waals surface area contributed by atoms with Gasteiger partial charge in [0, 0.05) is 21.6 Å². The summed E-state index contributed by atoms with van der Waals surface area (Å²) in [7, 11) is -2.10. The molecule has 1 aliphatic heterocycles. The third kappa shape index (κ3) is 3.96.